The molecule has 1 aromatic carbocycles. The normalized spacial score (nSPS) is 15.0. The molecule has 0 unspecified atom stereocenters. The van der Waals surface area contributed by atoms with E-state index in [0.29, 0.717) is 24.8 Å². The summed E-state index contributed by atoms with van der Waals surface area (Å²) in [7, 11) is 0. The first-order valence-corrected chi connectivity index (χ1v) is 8.51. The van der Waals surface area contributed by atoms with Crippen LogP contribution in [0.15, 0.2) is 24.3 Å². The zero-order chi connectivity index (χ0) is 16.5. The topological polar surface area (TPSA) is 67.4 Å². The van der Waals surface area contributed by atoms with E-state index in [1.165, 1.54) is 32.1 Å². The lowest BCUT2D eigenvalue weighted by Crippen LogP contribution is -2.36. The van der Waals surface area contributed by atoms with Gasteiger partial charge in [0.15, 0.2) is 0 Å². The van der Waals surface area contributed by atoms with Crippen LogP contribution in [0.5, 0.6) is 5.75 Å². The Morgan fingerprint density at radius 2 is 1.78 bits per heavy atom. The zero-order valence-electron chi connectivity index (χ0n) is 13.8. The molecule has 23 heavy (non-hydrogen) atoms. The maximum atomic E-state index is 11.9. The van der Waals surface area contributed by atoms with Gasteiger partial charge >= 0.3 is 11.8 Å². The molecule has 5 nitrogen and oxygen atoms in total. The summed E-state index contributed by atoms with van der Waals surface area (Å²) < 4.78 is 5.33. The molecule has 1 saturated carbocycles. The van der Waals surface area contributed by atoms with Crippen LogP contribution in [0.1, 0.15) is 45.4 Å². The van der Waals surface area contributed by atoms with Gasteiger partial charge in [-0.25, -0.2) is 0 Å². The molecule has 0 radical (unpaired) electrons. The fourth-order valence-corrected chi connectivity index (χ4v) is 2.93. The molecule has 0 aliphatic heterocycles. The van der Waals surface area contributed by atoms with E-state index >= 15 is 0 Å². The number of rotatable bonds is 6. The highest BCUT2D eigenvalue weighted by atomic mass is 16.5. The zero-order valence-corrected chi connectivity index (χ0v) is 13.8. The molecule has 126 valence electrons. The number of hydrogen-bond donors (Lipinski definition) is 2. The van der Waals surface area contributed by atoms with Crippen LogP contribution in [0.25, 0.3) is 0 Å². The van der Waals surface area contributed by atoms with Crippen molar-refractivity contribution in [2.75, 3.05) is 18.5 Å². The minimum Gasteiger partial charge on any atom is -0.494 e. The van der Waals surface area contributed by atoms with E-state index in [-0.39, 0.29) is 0 Å². The Hall–Kier alpha value is -2.04. The first kappa shape index (κ1) is 17.3. The van der Waals surface area contributed by atoms with Crippen LogP contribution in [0.3, 0.4) is 0 Å². The standard InChI is InChI=1S/C18H26N2O3/c1-2-23-16-10-8-15(9-11-16)20-18(22)17(21)19-13-12-14-6-4-3-5-7-14/h8-11,14H,2-7,12-13H2,1H3,(H,19,21)(H,20,22). The highest BCUT2D eigenvalue weighted by molar-refractivity contribution is 6.39. The Balaban J connectivity index is 1.70. The van der Waals surface area contributed by atoms with Crippen molar-refractivity contribution in [3.8, 4) is 5.75 Å². The fourth-order valence-electron chi connectivity index (χ4n) is 2.93. The lowest BCUT2D eigenvalue weighted by Gasteiger charge is -2.21. The number of anilines is 1. The molecule has 0 saturated heterocycles. The van der Waals surface area contributed by atoms with E-state index < -0.39 is 11.8 Å². The van der Waals surface area contributed by atoms with E-state index in [0.717, 1.165) is 12.2 Å². The van der Waals surface area contributed by atoms with Crippen molar-refractivity contribution >= 4 is 17.5 Å². The Labute approximate surface area is 137 Å². The summed E-state index contributed by atoms with van der Waals surface area (Å²) in [5.74, 6) is 0.230. The van der Waals surface area contributed by atoms with Gasteiger partial charge in [0.05, 0.1) is 6.61 Å². The van der Waals surface area contributed by atoms with Gasteiger partial charge in [-0.15, -0.1) is 0 Å². The highest BCUT2D eigenvalue weighted by Gasteiger charge is 2.16. The van der Waals surface area contributed by atoms with Crippen LogP contribution < -0.4 is 15.4 Å². The minimum atomic E-state index is -0.627. The second-order valence-electron chi connectivity index (χ2n) is 5.96. The molecule has 2 N–H and O–H groups in total. The smallest absolute Gasteiger partial charge is 0.313 e. The van der Waals surface area contributed by atoms with Gasteiger partial charge in [0.1, 0.15) is 5.75 Å². The van der Waals surface area contributed by atoms with Crippen LogP contribution in [0, 0.1) is 5.92 Å². The van der Waals surface area contributed by atoms with E-state index in [2.05, 4.69) is 10.6 Å². The molecule has 0 bridgehead atoms. The molecular weight excluding hydrogens is 292 g/mol. The van der Waals surface area contributed by atoms with Gasteiger partial charge in [0.2, 0.25) is 0 Å². The molecule has 0 aromatic heterocycles. The quantitative estimate of drug-likeness (QED) is 0.792. The van der Waals surface area contributed by atoms with Crippen molar-refractivity contribution in [1.82, 2.24) is 5.32 Å². The van der Waals surface area contributed by atoms with Crippen LogP contribution in [-0.2, 0) is 9.59 Å². The summed E-state index contributed by atoms with van der Waals surface area (Å²) in [5, 5.41) is 5.30. The molecule has 1 fully saturated rings. The fraction of sp³-hybridized carbons (Fsp3) is 0.556. The molecule has 1 aliphatic carbocycles. The first-order valence-electron chi connectivity index (χ1n) is 8.51. The second kappa shape index (κ2) is 9.18. The first-order chi connectivity index (χ1) is 11.2. The molecule has 1 aromatic rings. The van der Waals surface area contributed by atoms with Gasteiger partial charge in [-0.05, 0) is 43.5 Å². The molecular formula is C18H26N2O3. The van der Waals surface area contributed by atoms with Gasteiger partial charge in [-0.1, -0.05) is 32.1 Å². The summed E-state index contributed by atoms with van der Waals surface area (Å²) in [4.78, 5) is 23.7. The van der Waals surface area contributed by atoms with Gasteiger partial charge in [0.25, 0.3) is 0 Å². The van der Waals surface area contributed by atoms with E-state index in [1.54, 1.807) is 24.3 Å². The maximum Gasteiger partial charge on any atom is 0.313 e. The number of ether oxygens (including phenoxy) is 1. The number of hydrogen-bond acceptors (Lipinski definition) is 3. The van der Waals surface area contributed by atoms with Crippen molar-refractivity contribution in [3.63, 3.8) is 0 Å². The van der Waals surface area contributed by atoms with Crippen molar-refractivity contribution in [1.29, 1.82) is 0 Å². The van der Waals surface area contributed by atoms with E-state index in [9.17, 15) is 9.59 Å². The summed E-state index contributed by atoms with van der Waals surface area (Å²) >= 11 is 0. The maximum absolute atomic E-state index is 11.9. The van der Waals surface area contributed by atoms with Gasteiger partial charge in [-0.2, -0.15) is 0 Å². The summed E-state index contributed by atoms with van der Waals surface area (Å²) in [6.45, 7) is 3.07. The largest absolute Gasteiger partial charge is 0.494 e. The van der Waals surface area contributed by atoms with Gasteiger partial charge in [0, 0.05) is 12.2 Å². The van der Waals surface area contributed by atoms with Crippen LogP contribution in [-0.4, -0.2) is 25.0 Å². The van der Waals surface area contributed by atoms with Crippen LogP contribution >= 0.6 is 0 Å². The van der Waals surface area contributed by atoms with Crippen molar-refractivity contribution in [2.45, 2.75) is 45.4 Å². The van der Waals surface area contributed by atoms with Crippen molar-refractivity contribution in [2.24, 2.45) is 5.92 Å². The molecule has 0 heterocycles. The minimum absolute atomic E-state index is 0.570. The molecule has 2 amide bonds. The third-order valence-electron chi connectivity index (χ3n) is 4.19. The summed E-state index contributed by atoms with van der Waals surface area (Å²) in [5.41, 5.74) is 0.584. The van der Waals surface area contributed by atoms with E-state index in [1.807, 2.05) is 6.92 Å². The van der Waals surface area contributed by atoms with Crippen LogP contribution in [0.4, 0.5) is 5.69 Å². The highest BCUT2D eigenvalue weighted by Crippen LogP contribution is 2.25. The lowest BCUT2D eigenvalue weighted by molar-refractivity contribution is -0.136. The van der Waals surface area contributed by atoms with Crippen LogP contribution in [0.2, 0.25) is 0 Å². The molecule has 0 spiro atoms. The Bertz CT molecular complexity index is 508. The Morgan fingerprint density at radius 1 is 1.09 bits per heavy atom. The van der Waals surface area contributed by atoms with E-state index in [4.69, 9.17) is 4.74 Å². The van der Waals surface area contributed by atoms with Gasteiger partial charge < -0.3 is 15.4 Å². The molecule has 1 aliphatic rings. The average Bonchev–Trinajstić information content (AvgIpc) is 2.57. The number of carbonyl (C=O) groups excluding carboxylic acids is 2. The third kappa shape index (κ3) is 5.93. The van der Waals surface area contributed by atoms with Crippen molar-refractivity contribution in [3.05, 3.63) is 24.3 Å². The van der Waals surface area contributed by atoms with Gasteiger partial charge in [-0.3, -0.25) is 9.59 Å². The summed E-state index contributed by atoms with van der Waals surface area (Å²) in [6.07, 6.45) is 7.35. The number of carbonyl (C=O) groups is 2. The summed E-state index contributed by atoms with van der Waals surface area (Å²) in [6, 6.07) is 6.97. The lowest BCUT2D eigenvalue weighted by atomic mass is 9.87. The molecule has 2 rings (SSSR count). The number of nitrogens with one attached hydrogen (secondary N) is 2. The second-order valence-corrected chi connectivity index (χ2v) is 5.96. The molecule has 5 heteroatoms. The monoisotopic (exact) mass is 318 g/mol. The third-order valence-corrected chi connectivity index (χ3v) is 4.19. The average molecular weight is 318 g/mol. The Kier molecular flexibility index (Phi) is 6.91. The number of benzene rings is 1. The SMILES string of the molecule is CCOc1ccc(NC(=O)C(=O)NCCC2CCCCC2)cc1. The van der Waals surface area contributed by atoms with Crippen molar-refractivity contribution < 1.29 is 14.3 Å². The predicted molar refractivity (Wildman–Crippen MR) is 90.4 cm³/mol. The molecule has 0 atom stereocenters. The number of amides is 2. The predicted octanol–water partition coefficient (Wildman–Crippen LogP) is 3.11. The Morgan fingerprint density at radius 3 is 2.43 bits per heavy atom.